The highest BCUT2D eigenvalue weighted by Crippen LogP contribution is 2.25. The fraction of sp³-hybridized carbons (Fsp3) is 0.471. The molecule has 0 saturated heterocycles. The summed E-state index contributed by atoms with van der Waals surface area (Å²) in [5, 5.41) is 12.2. The maximum atomic E-state index is 12.2. The first kappa shape index (κ1) is 15.9. The van der Waals surface area contributed by atoms with E-state index in [1.165, 1.54) is 12.8 Å². The van der Waals surface area contributed by atoms with Crippen molar-refractivity contribution in [3.8, 4) is 11.8 Å². The highest BCUT2D eigenvalue weighted by atomic mass is 35.5. The summed E-state index contributed by atoms with van der Waals surface area (Å²) in [5.41, 5.74) is 1.24. The molecule has 1 fully saturated rings. The number of aliphatic hydroxyl groups is 1. The zero-order valence-corrected chi connectivity index (χ0v) is 12.9. The fourth-order valence-electron chi connectivity index (χ4n) is 2.58. The van der Waals surface area contributed by atoms with E-state index in [0.29, 0.717) is 28.5 Å². The van der Waals surface area contributed by atoms with Crippen molar-refractivity contribution in [1.82, 2.24) is 5.32 Å². The smallest absolute Gasteiger partial charge is 0.251 e. The van der Waals surface area contributed by atoms with Gasteiger partial charge in [-0.1, -0.05) is 36.8 Å². The van der Waals surface area contributed by atoms with Crippen molar-refractivity contribution in [2.24, 2.45) is 5.92 Å². The van der Waals surface area contributed by atoms with E-state index >= 15 is 0 Å². The Kier molecular flexibility index (Phi) is 5.67. The second kappa shape index (κ2) is 7.49. The summed E-state index contributed by atoms with van der Waals surface area (Å²) in [5.74, 6) is 6.16. The lowest BCUT2D eigenvalue weighted by atomic mass is 10.1. The van der Waals surface area contributed by atoms with Gasteiger partial charge >= 0.3 is 0 Å². The zero-order valence-electron chi connectivity index (χ0n) is 12.2. The predicted molar refractivity (Wildman–Crippen MR) is 84.3 cm³/mol. The van der Waals surface area contributed by atoms with E-state index in [1.54, 1.807) is 18.2 Å². The minimum absolute atomic E-state index is 0.0324. The summed E-state index contributed by atoms with van der Waals surface area (Å²) >= 11 is 6.15. The van der Waals surface area contributed by atoms with Gasteiger partial charge in [0, 0.05) is 23.6 Å². The van der Waals surface area contributed by atoms with Crippen LogP contribution in [0, 0.1) is 17.8 Å². The fourth-order valence-corrected chi connectivity index (χ4v) is 2.81. The second-order valence-electron chi connectivity index (χ2n) is 5.46. The molecule has 21 heavy (non-hydrogen) atoms. The molecule has 2 rings (SSSR count). The largest absolute Gasteiger partial charge is 0.395 e. The van der Waals surface area contributed by atoms with Crippen molar-refractivity contribution in [3.05, 3.63) is 34.3 Å². The first-order valence-electron chi connectivity index (χ1n) is 7.32. The topological polar surface area (TPSA) is 49.3 Å². The van der Waals surface area contributed by atoms with Crippen molar-refractivity contribution in [1.29, 1.82) is 0 Å². The minimum Gasteiger partial charge on any atom is -0.395 e. The van der Waals surface area contributed by atoms with Crippen LogP contribution < -0.4 is 5.32 Å². The van der Waals surface area contributed by atoms with Gasteiger partial charge < -0.3 is 10.4 Å². The quantitative estimate of drug-likeness (QED) is 0.844. The Morgan fingerprint density at radius 2 is 2.29 bits per heavy atom. The Morgan fingerprint density at radius 1 is 1.48 bits per heavy atom. The predicted octanol–water partition coefficient (Wildman–Crippen LogP) is 2.99. The number of amides is 1. The monoisotopic (exact) mass is 305 g/mol. The van der Waals surface area contributed by atoms with Crippen LogP contribution in [0.5, 0.6) is 0 Å². The van der Waals surface area contributed by atoms with Crippen LogP contribution in [0.1, 0.15) is 48.5 Å². The number of carbonyl (C=O) groups is 1. The third-order valence-electron chi connectivity index (χ3n) is 3.87. The standard InChI is InChI=1S/C17H20ClNO2/c1-12-5-4-7-16(12)19-17(21)14-9-8-13(15(18)11-14)6-2-3-10-20/h8-9,11-12,16,20H,3-5,7,10H2,1H3,(H,19,21). The molecule has 2 atom stereocenters. The molecule has 1 aromatic rings. The van der Waals surface area contributed by atoms with Gasteiger partial charge in [-0.3, -0.25) is 4.79 Å². The SMILES string of the molecule is CC1CCCC1NC(=O)c1ccc(C#CCCO)c(Cl)c1. The van der Waals surface area contributed by atoms with Gasteiger partial charge in [0.25, 0.3) is 5.91 Å². The first-order valence-corrected chi connectivity index (χ1v) is 7.69. The molecule has 0 aliphatic heterocycles. The maximum absolute atomic E-state index is 12.2. The average molecular weight is 306 g/mol. The van der Waals surface area contributed by atoms with Crippen molar-refractivity contribution in [2.75, 3.05) is 6.61 Å². The molecule has 0 aromatic heterocycles. The van der Waals surface area contributed by atoms with Crippen LogP contribution in [0.15, 0.2) is 18.2 Å². The summed E-state index contributed by atoms with van der Waals surface area (Å²) in [7, 11) is 0. The number of nitrogens with one attached hydrogen (secondary N) is 1. The van der Waals surface area contributed by atoms with Crippen molar-refractivity contribution in [2.45, 2.75) is 38.6 Å². The average Bonchev–Trinajstić information content (AvgIpc) is 2.86. The highest BCUT2D eigenvalue weighted by molar-refractivity contribution is 6.32. The lowest BCUT2D eigenvalue weighted by Crippen LogP contribution is -2.36. The molecule has 1 aliphatic rings. The highest BCUT2D eigenvalue weighted by Gasteiger charge is 2.25. The molecule has 1 amide bonds. The number of hydrogen-bond acceptors (Lipinski definition) is 2. The number of hydrogen-bond donors (Lipinski definition) is 2. The zero-order chi connectivity index (χ0) is 15.2. The Bertz CT molecular complexity index is 574. The van der Waals surface area contributed by atoms with Gasteiger partial charge in [-0.25, -0.2) is 0 Å². The lowest BCUT2D eigenvalue weighted by molar-refractivity contribution is 0.0929. The molecule has 4 heteroatoms. The third-order valence-corrected chi connectivity index (χ3v) is 4.18. The van der Waals surface area contributed by atoms with Crippen LogP contribution in [0.3, 0.4) is 0 Å². The van der Waals surface area contributed by atoms with Gasteiger partial charge in [-0.15, -0.1) is 0 Å². The molecule has 2 unspecified atom stereocenters. The van der Waals surface area contributed by atoms with E-state index in [4.69, 9.17) is 16.7 Å². The molecule has 0 spiro atoms. The van der Waals surface area contributed by atoms with Gasteiger partial charge in [-0.2, -0.15) is 0 Å². The molecule has 0 heterocycles. The molecular weight excluding hydrogens is 286 g/mol. The summed E-state index contributed by atoms with van der Waals surface area (Å²) in [6, 6.07) is 5.41. The third kappa shape index (κ3) is 4.23. The molecule has 0 bridgehead atoms. The molecule has 2 N–H and O–H groups in total. The van der Waals surface area contributed by atoms with E-state index in [9.17, 15) is 4.79 Å². The normalized spacial score (nSPS) is 20.7. The molecule has 112 valence electrons. The van der Waals surface area contributed by atoms with Gasteiger partial charge in [0.1, 0.15) is 0 Å². The molecule has 1 aliphatic carbocycles. The van der Waals surface area contributed by atoms with Gasteiger partial charge in [0.15, 0.2) is 0 Å². The van der Waals surface area contributed by atoms with Crippen molar-refractivity contribution in [3.63, 3.8) is 0 Å². The van der Waals surface area contributed by atoms with Gasteiger partial charge in [0.05, 0.1) is 11.6 Å². The number of aliphatic hydroxyl groups excluding tert-OH is 1. The van der Waals surface area contributed by atoms with Crippen LogP contribution in [-0.2, 0) is 0 Å². The van der Waals surface area contributed by atoms with E-state index in [0.717, 1.165) is 6.42 Å². The molecular formula is C17H20ClNO2. The van der Waals surface area contributed by atoms with Crippen LogP contribution in [0.2, 0.25) is 5.02 Å². The number of rotatable bonds is 3. The van der Waals surface area contributed by atoms with Gasteiger partial charge in [-0.05, 0) is 37.0 Å². The Hall–Kier alpha value is -1.50. The number of carbonyl (C=O) groups excluding carboxylic acids is 1. The van der Waals surface area contributed by atoms with Gasteiger partial charge in [0.2, 0.25) is 0 Å². The lowest BCUT2D eigenvalue weighted by Gasteiger charge is -2.17. The Balaban J connectivity index is 2.05. The van der Waals surface area contributed by atoms with E-state index in [2.05, 4.69) is 24.1 Å². The van der Waals surface area contributed by atoms with E-state index in [-0.39, 0.29) is 18.6 Å². The molecule has 1 saturated carbocycles. The number of halogens is 1. The molecule has 1 aromatic carbocycles. The van der Waals surface area contributed by atoms with E-state index < -0.39 is 0 Å². The second-order valence-corrected chi connectivity index (χ2v) is 5.87. The van der Waals surface area contributed by atoms with Crippen molar-refractivity contribution >= 4 is 17.5 Å². The van der Waals surface area contributed by atoms with Crippen LogP contribution >= 0.6 is 11.6 Å². The van der Waals surface area contributed by atoms with Crippen LogP contribution in [0.25, 0.3) is 0 Å². The summed E-state index contributed by atoms with van der Waals surface area (Å²) in [6.07, 6.45) is 3.81. The summed E-state index contributed by atoms with van der Waals surface area (Å²) < 4.78 is 0. The first-order chi connectivity index (χ1) is 10.1. The summed E-state index contributed by atoms with van der Waals surface area (Å²) in [4.78, 5) is 12.2. The molecule has 0 radical (unpaired) electrons. The maximum Gasteiger partial charge on any atom is 0.251 e. The van der Waals surface area contributed by atoms with Crippen LogP contribution in [0.4, 0.5) is 0 Å². The Morgan fingerprint density at radius 3 is 2.90 bits per heavy atom. The molecule has 3 nitrogen and oxygen atoms in total. The number of benzene rings is 1. The van der Waals surface area contributed by atoms with Crippen LogP contribution in [-0.4, -0.2) is 23.7 Å². The summed E-state index contributed by atoms with van der Waals surface area (Å²) in [6.45, 7) is 2.20. The Labute approximate surface area is 130 Å². The minimum atomic E-state index is -0.0782. The van der Waals surface area contributed by atoms with E-state index in [1.807, 2.05) is 0 Å². The van der Waals surface area contributed by atoms with Crippen molar-refractivity contribution < 1.29 is 9.90 Å².